The van der Waals surface area contributed by atoms with Gasteiger partial charge >= 0.3 is 12.3 Å². The Morgan fingerprint density at radius 2 is 2.12 bits per heavy atom. The van der Waals surface area contributed by atoms with E-state index in [1.54, 1.807) is 0 Å². The van der Waals surface area contributed by atoms with E-state index >= 15 is 0 Å². The molecule has 0 aliphatic heterocycles. The summed E-state index contributed by atoms with van der Waals surface area (Å²) in [5.41, 5.74) is 0. The molecule has 1 aliphatic carbocycles. The number of halogens is 3. The highest BCUT2D eigenvalue weighted by Gasteiger charge is 2.30. The summed E-state index contributed by atoms with van der Waals surface area (Å²) >= 11 is 0. The molecule has 0 aromatic rings. The zero-order valence-corrected chi connectivity index (χ0v) is 9.29. The molecule has 1 aliphatic rings. The van der Waals surface area contributed by atoms with Crippen LogP contribution < -0.4 is 5.32 Å². The first kappa shape index (κ1) is 14.1. The van der Waals surface area contributed by atoms with Gasteiger partial charge in [-0.15, -0.1) is 0 Å². The molecule has 1 rings (SSSR count). The van der Waals surface area contributed by atoms with Crippen molar-refractivity contribution in [2.75, 3.05) is 13.2 Å². The molecule has 1 saturated carbocycles. The number of alkyl carbamates (subject to hydrolysis) is 1. The number of alkyl halides is 3. The smallest absolute Gasteiger partial charge is 0.422 e. The maximum absolute atomic E-state index is 11.8. The second-order valence-corrected chi connectivity index (χ2v) is 4.25. The first-order chi connectivity index (χ1) is 7.90. The highest BCUT2D eigenvalue weighted by Crippen LogP contribution is 2.23. The van der Waals surface area contributed by atoms with Crippen molar-refractivity contribution in [3.8, 4) is 0 Å². The molecule has 0 spiro atoms. The maximum atomic E-state index is 11.8. The van der Waals surface area contributed by atoms with Gasteiger partial charge in [-0.05, 0) is 25.2 Å². The van der Waals surface area contributed by atoms with Gasteiger partial charge in [-0.25, -0.2) is 4.79 Å². The lowest BCUT2D eigenvalue weighted by Gasteiger charge is -2.28. The SMILES string of the molecule is O=C(NC1CCCC(CO)C1)OCC(F)(F)F. The molecule has 0 aromatic carbocycles. The van der Waals surface area contributed by atoms with Gasteiger partial charge in [0.2, 0.25) is 0 Å². The van der Waals surface area contributed by atoms with Gasteiger partial charge in [0.25, 0.3) is 0 Å². The number of nitrogens with one attached hydrogen (secondary N) is 1. The van der Waals surface area contributed by atoms with E-state index in [0.717, 1.165) is 12.8 Å². The van der Waals surface area contributed by atoms with E-state index in [1.807, 2.05) is 0 Å². The largest absolute Gasteiger partial charge is 0.440 e. The fraction of sp³-hybridized carbons (Fsp3) is 0.900. The molecular weight excluding hydrogens is 239 g/mol. The van der Waals surface area contributed by atoms with E-state index in [1.165, 1.54) is 0 Å². The third-order valence-electron chi connectivity index (χ3n) is 2.73. The van der Waals surface area contributed by atoms with Gasteiger partial charge < -0.3 is 15.2 Å². The average Bonchev–Trinajstić information content (AvgIpc) is 2.26. The van der Waals surface area contributed by atoms with Crippen LogP contribution in [0.5, 0.6) is 0 Å². The minimum absolute atomic E-state index is 0.0375. The van der Waals surface area contributed by atoms with E-state index in [0.29, 0.717) is 12.8 Å². The topological polar surface area (TPSA) is 58.6 Å². The zero-order valence-electron chi connectivity index (χ0n) is 9.29. The van der Waals surface area contributed by atoms with Crippen LogP contribution in [0.1, 0.15) is 25.7 Å². The van der Waals surface area contributed by atoms with Gasteiger partial charge in [-0.3, -0.25) is 0 Å². The van der Waals surface area contributed by atoms with Crippen molar-refractivity contribution in [2.24, 2.45) is 5.92 Å². The number of rotatable bonds is 3. The van der Waals surface area contributed by atoms with Crippen LogP contribution in [-0.4, -0.2) is 36.6 Å². The predicted molar refractivity (Wildman–Crippen MR) is 53.4 cm³/mol. The number of amides is 1. The molecule has 0 bridgehead atoms. The zero-order chi connectivity index (χ0) is 12.9. The number of carbonyl (C=O) groups is 1. The fourth-order valence-corrected chi connectivity index (χ4v) is 1.94. The van der Waals surface area contributed by atoms with Crippen LogP contribution in [0.3, 0.4) is 0 Å². The van der Waals surface area contributed by atoms with Crippen molar-refractivity contribution >= 4 is 6.09 Å². The average molecular weight is 255 g/mol. The second-order valence-electron chi connectivity index (χ2n) is 4.25. The van der Waals surface area contributed by atoms with E-state index in [2.05, 4.69) is 10.1 Å². The van der Waals surface area contributed by atoms with Crippen LogP contribution >= 0.6 is 0 Å². The lowest BCUT2D eigenvalue weighted by atomic mass is 9.86. The number of ether oxygens (including phenoxy) is 1. The molecule has 2 atom stereocenters. The molecule has 7 heteroatoms. The monoisotopic (exact) mass is 255 g/mol. The van der Waals surface area contributed by atoms with Crippen LogP contribution in [0.4, 0.5) is 18.0 Å². The summed E-state index contributed by atoms with van der Waals surface area (Å²) in [5.74, 6) is 0.108. The van der Waals surface area contributed by atoms with Crippen LogP contribution in [-0.2, 0) is 4.74 Å². The number of hydrogen-bond donors (Lipinski definition) is 2. The summed E-state index contributed by atoms with van der Waals surface area (Å²) < 4.78 is 39.4. The Morgan fingerprint density at radius 1 is 1.41 bits per heavy atom. The van der Waals surface area contributed by atoms with Gasteiger partial charge in [0, 0.05) is 12.6 Å². The number of aliphatic hydroxyl groups is 1. The molecular formula is C10H16F3NO3. The Balaban J connectivity index is 2.26. The third-order valence-corrected chi connectivity index (χ3v) is 2.73. The van der Waals surface area contributed by atoms with Gasteiger partial charge in [-0.1, -0.05) is 6.42 Å². The molecule has 17 heavy (non-hydrogen) atoms. The van der Waals surface area contributed by atoms with E-state index in [-0.39, 0.29) is 18.6 Å². The molecule has 2 unspecified atom stereocenters. The summed E-state index contributed by atoms with van der Waals surface area (Å²) in [7, 11) is 0. The molecule has 0 radical (unpaired) electrons. The molecule has 0 saturated heterocycles. The summed E-state index contributed by atoms with van der Waals surface area (Å²) in [6, 6.07) is -0.207. The first-order valence-electron chi connectivity index (χ1n) is 5.51. The standard InChI is InChI=1S/C10H16F3NO3/c11-10(12,13)6-17-9(16)14-8-3-1-2-7(4-8)5-15/h7-8,15H,1-6H2,(H,14,16). The predicted octanol–water partition coefficient (Wildman–Crippen LogP) is 1.83. The van der Waals surface area contributed by atoms with Crippen LogP contribution in [0.15, 0.2) is 0 Å². The summed E-state index contributed by atoms with van der Waals surface area (Å²) in [4.78, 5) is 11.1. The Hall–Kier alpha value is -0.980. The highest BCUT2D eigenvalue weighted by molar-refractivity contribution is 5.67. The Labute approximate surface area is 97.1 Å². The number of hydrogen-bond acceptors (Lipinski definition) is 3. The summed E-state index contributed by atoms with van der Waals surface area (Å²) in [6.45, 7) is -1.54. The van der Waals surface area contributed by atoms with E-state index in [9.17, 15) is 18.0 Å². The molecule has 2 N–H and O–H groups in total. The van der Waals surface area contributed by atoms with Gasteiger partial charge in [0.05, 0.1) is 0 Å². The third kappa shape index (κ3) is 5.76. The molecule has 1 amide bonds. The Bertz CT molecular complexity index is 258. The lowest BCUT2D eigenvalue weighted by molar-refractivity contribution is -0.160. The quantitative estimate of drug-likeness (QED) is 0.808. The van der Waals surface area contributed by atoms with Crippen LogP contribution in [0.25, 0.3) is 0 Å². The van der Waals surface area contributed by atoms with Crippen molar-refractivity contribution < 1.29 is 27.8 Å². The van der Waals surface area contributed by atoms with E-state index in [4.69, 9.17) is 5.11 Å². The maximum Gasteiger partial charge on any atom is 0.422 e. The molecule has 0 aromatic heterocycles. The molecule has 1 fully saturated rings. The molecule has 0 heterocycles. The number of aliphatic hydroxyl groups excluding tert-OH is 1. The van der Waals surface area contributed by atoms with Gasteiger partial charge in [-0.2, -0.15) is 13.2 Å². The minimum atomic E-state index is -4.50. The first-order valence-corrected chi connectivity index (χ1v) is 5.51. The van der Waals surface area contributed by atoms with Gasteiger partial charge in [0.1, 0.15) is 0 Å². The van der Waals surface area contributed by atoms with Crippen LogP contribution in [0.2, 0.25) is 0 Å². The fourth-order valence-electron chi connectivity index (χ4n) is 1.94. The normalized spacial score (nSPS) is 25.4. The Morgan fingerprint density at radius 3 is 2.71 bits per heavy atom. The molecule has 100 valence electrons. The number of carbonyl (C=O) groups excluding carboxylic acids is 1. The van der Waals surface area contributed by atoms with Crippen LogP contribution in [0, 0.1) is 5.92 Å². The van der Waals surface area contributed by atoms with E-state index < -0.39 is 18.9 Å². The van der Waals surface area contributed by atoms with Crippen molar-refractivity contribution in [3.63, 3.8) is 0 Å². The Kier molecular flexibility index (Phi) is 5.04. The summed E-state index contributed by atoms with van der Waals surface area (Å²) in [6.07, 6.45) is -2.54. The minimum Gasteiger partial charge on any atom is -0.440 e. The second kappa shape index (κ2) is 6.09. The lowest BCUT2D eigenvalue weighted by Crippen LogP contribution is -2.40. The van der Waals surface area contributed by atoms with Crippen molar-refractivity contribution in [1.82, 2.24) is 5.32 Å². The van der Waals surface area contributed by atoms with Crippen molar-refractivity contribution in [2.45, 2.75) is 37.9 Å². The highest BCUT2D eigenvalue weighted by atomic mass is 19.4. The van der Waals surface area contributed by atoms with Gasteiger partial charge in [0.15, 0.2) is 6.61 Å². The molecule has 4 nitrogen and oxygen atoms in total. The van der Waals surface area contributed by atoms with Crippen molar-refractivity contribution in [3.05, 3.63) is 0 Å². The van der Waals surface area contributed by atoms with Crippen molar-refractivity contribution in [1.29, 1.82) is 0 Å². The summed E-state index contributed by atoms with van der Waals surface area (Å²) in [5, 5.41) is 11.3.